The molecule has 0 aromatic rings. The third-order valence-electron chi connectivity index (χ3n) is 2.82. The molecule has 2 aliphatic rings. The molecule has 0 amide bonds. The second-order valence-corrected chi connectivity index (χ2v) is 3.36. The van der Waals surface area contributed by atoms with Crippen molar-refractivity contribution in [2.45, 2.75) is 31.8 Å². The first-order chi connectivity index (χ1) is 4.42. The molecule has 0 aromatic carbocycles. The number of ether oxygens (including phenoxy) is 1. The van der Waals surface area contributed by atoms with E-state index in [0.29, 0.717) is 6.10 Å². The zero-order valence-electron chi connectivity index (χ0n) is 5.97. The Labute approximate surface area is 56.4 Å². The van der Waals surface area contributed by atoms with Gasteiger partial charge in [0.2, 0.25) is 0 Å². The van der Waals surface area contributed by atoms with Crippen LogP contribution in [0, 0.1) is 11.8 Å². The molecule has 0 spiro atoms. The maximum absolute atomic E-state index is 5.35. The predicted molar refractivity (Wildman–Crippen MR) is 36.2 cm³/mol. The summed E-state index contributed by atoms with van der Waals surface area (Å²) in [5.41, 5.74) is 0. The van der Waals surface area contributed by atoms with Gasteiger partial charge in [-0.2, -0.15) is 0 Å². The molecule has 52 valence electrons. The van der Waals surface area contributed by atoms with Gasteiger partial charge in [-0.1, -0.05) is 6.42 Å². The molecular formula is C8H14O. The maximum atomic E-state index is 5.35. The van der Waals surface area contributed by atoms with Crippen LogP contribution in [-0.2, 0) is 4.74 Å². The summed E-state index contributed by atoms with van der Waals surface area (Å²) in [5, 5.41) is 0. The molecule has 9 heavy (non-hydrogen) atoms. The summed E-state index contributed by atoms with van der Waals surface area (Å²) in [4.78, 5) is 0. The third kappa shape index (κ3) is 0.877. The summed E-state index contributed by atoms with van der Waals surface area (Å²) in [5.74, 6) is 2.02. The normalized spacial score (nSPS) is 48.3. The van der Waals surface area contributed by atoms with Gasteiger partial charge < -0.3 is 4.74 Å². The summed E-state index contributed by atoms with van der Waals surface area (Å²) in [6.07, 6.45) is 6.28. The highest BCUT2D eigenvalue weighted by atomic mass is 16.5. The second-order valence-electron chi connectivity index (χ2n) is 3.36. The van der Waals surface area contributed by atoms with Crippen LogP contribution in [0.25, 0.3) is 0 Å². The Balaban J connectivity index is 1.93. The van der Waals surface area contributed by atoms with Crippen LogP contribution in [0.4, 0.5) is 0 Å². The SMILES string of the molecule is CO[C@@H]1CCC[C@@H]2C[C@@H]21. The second kappa shape index (κ2) is 1.98. The van der Waals surface area contributed by atoms with Gasteiger partial charge in [0, 0.05) is 7.11 Å². The van der Waals surface area contributed by atoms with E-state index < -0.39 is 0 Å². The lowest BCUT2D eigenvalue weighted by Gasteiger charge is -2.18. The average molecular weight is 126 g/mol. The summed E-state index contributed by atoms with van der Waals surface area (Å²) < 4.78 is 5.35. The molecule has 0 N–H and O–H groups in total. The summed E-state index contributed by atoms with van der Waals surface area (Å²) >= 11 is 0. The zero-order valence-corrected chi connectivity index (χ0v) is 5.97. The number of hydrogen-bond donors (Lipinski definition) is 0. The topological polar surface area (TPSA) is 9.23 Å². The molecule has 2 aliphatic carbocycles. The first-order valence-electron chi connectivity index (χ1n) is 3.94. The number of hydrogen-bond acceptors (Lipinski definition) is 1. The van der Waals surface area contributed by atoms with E-state index in [4.69, 9.17) is 4.74 Å². The molecule has 0 unspecified atom stereocenters. The van der Waals surface area contributed by atoms with E-state index in [9.17, 15) is 0 Å². The van der Waals surface area contributed by atoms with Gasteiger partial charge in [-0.25, -0.2) is 0 Å². The highest BCUT2D eigenvalue weighted by Crippen LogP contribution is 2.50. The molecule has 0 aromatic heterocycles. The number of methoxy groups -OCH3 is 1. The quantitative estimate of drug-likeness (QED) is 0.520. The lowest BCUT2D eigenvalue weighted by Crippen LogP contribution is -2.17. The van der Waals surface area contributed by atoms with Crippen molar-refractivity contribution in [3.05, 3.63) is 0 Å². The van der Waals surface area contributed by atoms with Crippen molar-refractivity contribution in [3.63, 3.8) is 0 Å². The van der Waals surface area contributed by atoms with Crippen molar-refractivity contribution < 1.29 is 4.74 Å². The van der Waals surface area contributed by atoms with Crippen molar-refractivity contribution in [1.82, 2.24) is 0 Å². The van der Waals surface area contributed by atoms with E-state index in [-0.39, 0.29) is 0 Å². The van der Waals surface area contributed by atoms with Gasteiger partial charge in [-0.05, 0) is 31.1 Å². The predicted octanol–water partition coefficient (Wildman–Crippen LogP) is 1.82. The Morgan fingerprint density at radius 2 is 2.22 bits per heavy atom. The van der Waals surface area contributed by atoms with Crippen LogP contribution in [0.5, 0.6) is 0 Å². The van der Waals surface area contributed by atoms with Crippen LogP contribution in [-0.4, -0.2) is 13.2 Å². The van der Waals surface area contributed by atoms with Crippen LogP contribution in [0.1, 0.15) is 25.7 Å². The molecule has 1 heteroatoms. The first kappa shape index (κ1) is 5.72. The molecule has 0 saturated heterocycles. The molecule has 0 radical (unpaired) electrons. The van der Waals surface area contributed by atoms with Crippen molar-refractivity contribution >= 4 is 0 Å². The van der Waals surface area contributed by atoms with Gasteiger partial charge in [0.25, 0.3) is 0 Å². The Kier molecular flexibility index (Phi) is 1.26. The van der Waals surface area contributed by atoms with Gasteiger partial charge in [0.15, 0.2) is 0 Å². The third-order valence-corrected chi connectivity index (χ3v) is 2.82. The monoisotopic (exact) mass is 126 g/mol. The van der Waals surface area contributed by atoms with Crippen LogP contribution < -0.4 is 0 Å². The Morgan fingerprint density at radius 1 is 1.33 bits per heavy atom. The van der Waals surface area contributed by atoms with Crippen molar-refractivity contribution in [2.75, 3.05) is 7.11 Å². The van der Waals surface area contributed by atoms with E-state index in [0.717, 1.165) is 11.8 Å². The Morgan fingerprint density at radius 3 is 2.89 bits per heavy atom. The highest BCUT2D eigenvalue weighted by molar-refractivity contribution is 4.95. The summed E-state index contributed by atoms with van der Waals surface area (Å²) in [6, 6.07) is 0. The minimum Gasteiger partial charge on any atom is -0.381 e. The summed E-state index contributed by atoms with van der Waals surface area (Å²) in [6.45, 7) is 0. The van der Waals surface area contributed by atoms with Gasteiger partial charge in [0.1, 0.15) is 0 Å². The molecule has 0 heterocycles. The fourth-order valence-electron chi connectivity index (χ4n) is 2.15. The van der Waals surface area contributed by atoms with Gasteiger partial charge in [-0.15, -0.1) is 0 Å². The lowest BCUT2D eigenvalue weighted by atomic mass is 9.98. The Hall–Kier alpha value is -0.0400. The lowest BCUT2D eigenvalue weighted by molar-refractivity contribution is 0.0590. The van der Waals surface area contributed by atoms with E-state index in [1.165, 1.54) is 25.7 Å². The number of fused-ring (bicyclic) bond motifs is 1. The van der Waals surface area contributed by atoms with Crippen molar-refractivity contribution in [3.8, 4) is 0 Å². The molecule has 1 nitrogen and oxygen atoms in total. The largest absolute Gasteiger partial charge is 0.381 e. The van der Waals surface area contributed by atoms with E-state index in [1.54, 1.807) is 0 Å². The maximum Gasteiger partial charge on any atom is 0.0602 e. The molecule has 2 saturated carbocycles. The fraction of sp³-hybridized carbons (Fsp3) is 1.00. The minimum absolute atomic E-state index is 0.628. The van der Waals surface area contributed by atoms with Crippen molar-refractivity contribution in [2.24, 2.45) is 11.8 Å². The smallest absolute Gasteiger partial charge is 0.0602 e. The van der Waals surface area contributed by atoms with E-state index >= 15 is 0 Å². The molecule has 0 bridgehead atoms. The molecular weight excluding hydrogens is 112 g/mol. The van der Waals surface area contributed by atoms with Gasteiger partial charge in [0.05, 0.1) is 6.10 Å². The van der Waals surface area contributed by atoms with Crippen LogP contribution in [0.2, 0.25) is 0 Å². The molecule has 2 fully saturated rings. The van der Waals surface area contributed by atoms with Crippen LogP contribution >= 0.6 is 0 Å². The first-order valence-corrected chi connectivity index (χ1v) is 3.94. The fourth-order valence-corrected chi connectivity index (χ4v) is 2.15. The standard InChI is InChI=1S/C8H14O/c1-9-8-4-2-3-6-5-7(6)8/h6-8H,2-5H2,1H3/t6-,7+,8-/m1/s1. The van der Waals surface area contributed by atoms with Crippen LogP contribution in [0.15, 0.2) is 0 Å². The van der Waals surface area contributed by atoms with Gasteiger partial charge >= 0.3 is 0 Å². The highest BCUT2D eigenvalue weighted by Gasteiger charge is 2.45. The molecule has 2 rings (SSSR count). The van der Waals surface area contributed by atoms with E-state index in [2.05, 4.69) is 0 Å². The summed E-state index contributed by atoms with van der Waals surface area (Å²) in [7, 11) is 1.85. The Bertz CT molecular complexity index is 111. The van der Waals surface area contributed by atoms with Gasteiger partial charge in [-0.3, -0.25) is 0 Å². The molecule has 3 atom stereocenters. The molecule has 0 aliphatic heterocycles. The van der Waals surface area contributed by atoms with E-state index in [1.807, 2.05) is 7.11 Å². The van der Waals surface area contributed by atoms with Crippen LogP contribution in [0.3, 0.4) is 0 Å². The van der Waals surface area contributed by atoms with Crippen molar-refractivity contribution in [1.29, 1.82) is 0 Å². The minimum atomic E-state index is 0.628. The average Bonchev–Trinajstić information content (AvgIpc) is 2.64. The number of rotatable bonds is 1. The zero-order chi connectivity index (χ0) is 6.27.